The number of rotatable bonds is 8. The van der Waals surface area contributed by atoms with E-state index in [4.69, 9.17) is 14.2 Å². The average Bonchev–Trinajstić information content (AvgIpc) is 3.31. The van der Waals surface area contributed by atoms with Gasteiger partial charge in [0.15, 0.2) is 18.0 Å². The molecule has 4 aromatic rings. The Morgan fingerprint density at radius 3 is 2.18 bits per heavy atom. The molecular formula is C25H23F5N4O4. The summed E-state index contributed by atoms with van der Waals surface area (Å²) in [7, 11) is 4.19. The number of hydrogen-bond acceptors (Lipinski definition) is 7. The highest BCUT2D eigenvalue weighted by atomic mass is 19.4. The van der Waals surface area contributed by atoms with E-state index in [1.165, 1.54) is 49.5 Å². The number of benzene rings is 1. The third-order valence-corrected chi connectivity index (χ3v) is 5.81. The summed E-state index contributed by atoms with van der Waals surface area (Å²) in [5.41, 5.74) is -2.40. The highest BCUT2D eigenvalue weighted by Gasteiger charge is 2.39. The van der Waals surface area contributed by atoms with Crippen molar-refractivity contribution in [2.24, 2.45) is 7.05 Å². The summed E-state index contributed by atoms with van der Waals surface area (Å²) in [4.78, 5) is 11.8. The minimum Gasteiger partial charge on any atom is -0.492 e. The maximum atomic E-state index is 13.6. The number of hydrogen-bond donors (Lipinski definition) is 1. The maximum absolute atomic E-state index is 13.6. The molecule has 0 saturated carbocycles. The van der Waals surface area contributed by atoms with E-state index >= 15 is 0 Å². The number of nitrogens with zero attached hydrogens (tertiary/aromatic N) is 4. The largest absolute Gasteiger partial charge is 0.492 e. The normalized spacial score (nSPS) is 13.8. The second-order valence-electron chi connectivity index (χ2n) is 8.60. The molecule has 1 unspecified atom stereocenters. The lowest BCUT2D eigenvalue weighted by Gasteiger charge is -2.30. The van der Waals surface area contributed by atoms with Gasteiger partial charge in [0, 0.05) is 31.1 Å². The van der Waals surface area contributed by atoms with Crippen molar-refractivity contribution in [3.63, 3.8) is 0 Å². The lowest BCUT2D eigenvalue weighted by Crippen LogP contribution is -2.31. The van der Waals surface area contributed by atoms with Crippen LogP contribution in [0.25, 0.3) is 10.9 Å². The van der Waals surface area contributed by atoms with Crippen molar-refractivity contribution in [2.75, 3.05) is 20.8 Å². The van der Waals surface area contributed by atoms with Gasteiger partial charge in [0.25, 0.3) is 11.8 Å². The molecule has 38 heavy (non-hydrogen) atoms. The first kappa shape index (κ1) is 27.0. The first-order valence-corrected chi connectivity index (χ1v) is 11.1. The van der Waals surface area contributed by atoms with E-state index < -0.39 is 30.0 Å². The molecule has 202 valence electrons. The topological polar surface area (TPSA) is 91.5 Å². The summed E-state index contributed by atoms with van der Waals surface area (Å²) in [6.45, 7) is -0.298. The van der Waals surface area contributed by atoms with Crippen molar-refractivity contribution in [3.8, 4) is 17.4 Å². The zero-order valence-corrected chi connectivity index (χ0v) is 20.7. The zero-order valence-electron chi connectivity index (χ0n) is 20.7. The Bertz CT molecular complexity index is 1450. The van der Waals surface area contributed by atoms with Gasteiger partial charge in [-0.3, -0.25) is 4.98 Å². The SMILES string of the molecule is COc1nc2ccc(C(O)(c3ccc(C(F)(F)F)nc3)c3cncn3C)cc2c(OC)c1OCC(C)(F)F. The molecule has 0 bridgehead atoms. The van der Waals surface area contributed by atoms with E-state index in [1.54, 1.807) is 7.05 Å². The van der Waals surface area contributed by atoms with Gasteiger partial charge in [0.05, 0.1) is 38.0 Å². The van der Waals surface area contributed by atoms with Crippen LogP contribution in [0.5, 0.6) is 17.4 Å². The number of aromatic nitrogens is 4. The fraction of sp³-hybridized carbons (Fsp3) is 0.320. The fourth-order valence-electron chi connectivity index (χ4n) is 4.03. The second-order valence-corrected chi connectivity index (χ2v) is 8.60. The average molecular weight is 538 g/mol. The van der Waals surface area contributed by atoms with Gasteiger partial charge < -0.3 is 23.9 Å². The summed E-state index contributed by atoms with van der Waals surface area (Å²) in [6, 6.07) is 6.39. The Balaban J connectivity index is 1.95. The molecule has 0 spiro atoms. The van der Waals surface area contributed by atoms with Crippen LogP contribution in [0, 0.1) is 0 Å². The Hall–Kier alpha value is -4.00. The third-order valence-electron chi connectivity index (χ3n) is 5.81. The van der Waals surface area contributed by atoms with Crippen LogP contribution in [-0.4, -0.2) is 51.4 Å². The van der Waals surface area contributed by atoms with Gasteiger partial charge in [-0.1, -0.05) is 12.1 Å². The first-order valence-electron chi connectivity index (χ1n) is 11.1. The van der Waals surface area contributed by atoms with Crippen LogP contribution < -0.4 is 14.2 Å². The van der Waals surface area contributed by atoms with Crippen LogP contribution in [0.15, 0.2) is 49.1 Å². The number of aliphatic hydroxyl groups is 1. The van der Waals surface area contributed by atoms with Crippen LogP contribution in [0.3, 0.4) is 0 Å². The number of methoxy groups -OCH3 is 2. The van der Waals surface area contributed by atoms with Crippen molar-refractivity contribution < 1.29 is 41.3 Å². The van der Waals surface area contributed by atoms with E-state index in [1.807, 2.05) is 0 Å². The molecule has 0 fully saturated rings. The van der Waals surface area contributed by atoms with Gasteiger partial charge in [-0.25, -0.2) is 18.7 Å². The molecule has 0 amide bonds. The third kappa shape index (κ3) is 4.93. The molecule has 3 aromatic heterocycles. The molecule has 4 rings (SSSR count). The molecule has 8 nitrogen and oxygen atoms in total. The molecule has 0 aliphatic carbocycles. The number of pyridine rings is 2. The molecule has 0 radical (unpaired) electrons. The van der Waals surface area contributed by atoms with E-state index in [0.29, 0.717) is 12.4 Å². The molecule has 0 aliphatic heterocycles. The minimum atomic E-state index is -4.67. The molecule has 0 aliphatic rings. The molecule has 0 saturated heterocycles. The van der Waals surface area contributed by atoms with Gasteiger partial charge in [-0.2, -0.15) is 13.2 Å². The number of halogens is 5. The Labute approximate surface area is 213 Å². The predicted octanol–water partition coefficient (Wildman–Crippen LogP) is 4.72. The van der Waals surface area contributed by atoms with Gasteiger partial charge in [-0.05, 0) is 23.8 Å². The summed E-state index contributed by atoms with van der Waals surface area (Å²) in [5.74, 6) is -3.43. The lowest BCUT2D eigenvalue weighted by molar-refractivity contribution is -0.141. The standard InChI is InChI=1S/C25H23F5N4O4/c1-23(26,27)12-38-21-20(36-3)16-9-14(5-7-17(16)33-22(21)37-4)24(35,19-11-31-13-34(19)2)15-6-8-18(32-10-15)25(28,29)30/h5-11,13,35H,12H2,1-4H3. The van der Waals surface area contributed by atoms with Gasteiger partial charge in [0.2, 0.25) is 5.75 Å². The fourth-order valence-corrected chi connectivity index (χ4v) is 4.03. The minimum absolute atomic E-state index is 0.0100. The van der Waals surface area contributed by atoms with Crippen molar-refractivity contribution in [1.82, 2.24) is 19.5 Å². The smallest absolute Gasteiger partial charge is 0.433 e. The number of ether oxygens (including phenoxy) is 3. The van der Waals surface area contributed by atoms with Crippen molar-refractivity contribution in [3.05, 3.63) is 71.6 Å². The van der Waals surface area contributed by atoms with Crippen LogP contribution >= 0.6 is 0 Å². The highest BCUT2D eigenvalue weighted by Crippen LogP contribution is 2.45. The summed E-state index contributed by atoms with van der Waals surface area (Å²) < 4.78 is 84.0. The highest BCUT2D eigenvalue weighted by molar-refractivity contribution is 5.90. The van der Waals surface area contributed by atoms with Crippen LogP contribution in [-0.2, 0) is 18.8 Å². The molecule has 1 N–H and O–H groups in total. The Kier molecular flexibility index (Phi) is 6.91. The number of alkyl halides is 5. The summed E-state index contributed by atoms with van der Waals surface area (Å²) >= 11 is 0. The van der Waals surface area contributed by atoms with Crippen molar-refractivity contribution in [2.45, 2.75) is 24.6 Å². The Morgan fingerprint density at radius 1 is 0.947 bits per heavy atom. The number of fused-ring (bicyclic) bond motifs is 1. The van der Waals surface area contributed by atoms with Gasteiger partial charge in [0.1, 0.15) is 5.69 Å². The van der Waals surface area contributed by atoms with E-state index in [-0.39, 0.29) is 39.6 Å². The van der Waals surface area contributed by atoms with Crippen molar-refractivity contribution in [1.29, 1.82) is 0 Å². The second kappa shape index (κ2) is 9.71. The number of imidazole rings is 1. The Morgan fingerprint density at radius 2 is 1.66 bits per heavy atom. The predicted molar refractivity (Wildman–Crippen MR) is 126 cm³/mol. The molecule has 3 heterocycles. The monoisotopic (exact) mass is 538 g/mol. The molecular weight excluding hydrogens is 515 g/mol. The van der Waals surface area contributed by atoms with Crippen LogP contribution in [0.2, 0.25) is 0 Å². The summed E-state index contributed by atoms with van der Waals surface area (Å²) in [6.07, 6.45) is -0.955. The van der Waals surface area contributed by atoms with E-state index in [9.17, 15) is 27.1 Å². The van der Waals surface area contributed by atoms with Crippen molar-refractivity contribution >= 4 is 10.9 Å². The van der Waals surface area contributed by atoms with Gasteiger partial charge in [-0.15, -0.1) is 0 Å². The van der Waals surface area contributed by atoms with Crippen LogP contribution in [0.4, 0.5) is 22.0 Å². The molecule has 1 aromatic carbocycles. The molecule has 13 heteroatoms. The van der Waals surface area contributed by atoms with Gasteiger partial charge >= 0.3 is 6.18 Å². The first-order chi connectivity index (χ1) is 17.8. The lowest BCUT2D eigenvalue weighted by atomic mass is 9.83. The number of aryl methyl sites for hydroxylation is 1. The quantitative estimate of drug-likeness (QED) is 0.325. The van der Waals surface area contributed by atoms with Crippen LogP contribution in [0.1, 0.15) is 29.4 Å². The molecule has 1 atom stereocenters. The zero-order chi connectivity index (χ0) is 27.9. The maximum Gasteiger partial charge on any atom is 0.433 e. The van der Waals surface area contributed by atoms with E-state index in [2.05, 4.69) is 15.0 Å². The summed E-state index contributed by atoms with van der Waals surface area (Å²) in [5, 5.41) is 12.4. The van der Waals surface area contributed by atoms with E-state index in [0.717, 1.165) is 18.3 Å².